The standard InChI is InChI=1S/C17H16N2O4S/c1-10-3-4-14-12(7-22-15(14)5-10)6-16(21)23-8-13-9-24-17(19-13)18-11(2)20/h3-5,7,9H,6,8H2,1-2H3,(H,18,19,20). The highest BCUT2D eigenvalue weighted by molar-refractivity contribution is 7.13. The number of nitrogens with zero attached hydrogens (tertiary/aromatic N) is 1. The van der Waals surface area contributed by atoms with Gasteiger partial charge in [-0.25, -0.2) is 4.98 Å². The van der Waals surface area contributed by atoms with Gasteiger partial charge in [-0.3, -0.25) is 9.59 Å². The highest BCUT2D eigenvalue weighted by atomic mass is 32.1. The lowest BCUT2D eigenvalue weighted by molar-refractivity contribution is -0.144. The van der Waals surface area contributed by atoms with Gasteiger partial charge in [0.05, 0.1) is 18.4 Å². The minimum absolute atomic E-state index is 0.0732. The molecule has 1 N–H and O–H groups in total. The number of benzene rings is 1. The number of aromatic nitrogens is 1. The first-order valence-electron chi connectivity index (χ1n) is 7.35. The Hall–Kier alpha value is -2.67. The maximum Gasteiger partial charge on any atom is 0.310 e. The van der Waals surface area contributed by atoms with Crippen molar-refractivity contribution in [2.24, 2.45) is 0 Å². The molecule has 0 saturated carbocycles. The van der Waals surface area contributed by atoms with Crippen molar-refractivity contribution >= 4 is 39.3 Å². The Bertz CT molecular complexity index is 897. The number of fused-ring (bicyclic) bond motifs is 1. The van der Waals surface area contributed by atoms with Crippen molar-refractivity contribution in [2.75, 3.05) is 5.32 Å². The third-order valence-electron chi connectivity index (χ3n) is 3.36. The molecule has 2 aromatic heterocycles. The first kappa shape index (κ1) is 16.2. The lowest BCUT2D eigenvalue weighted by Gasteiger charge is -2.02. The lowest BCUT2D eigenvalue weighted by Crippen LogP contribution is -2.08. The number of nitrogens with one attached hydrogen (secondary N) is 1. The predicted molar refractivity (Wildman–Crippen MR) is 90.9 cm³/mol. The summed E-state index contributed by atoms with van der Waals surface area (Å²) in [6, 6.07) is 5.85. The lowest BCUT2D eigenvalue weighted by atomic mass is 10.1. The molecule has 7 heteroatoms. The molecule has 24 heavy (non-hydrogen) atoms. The van der Waals surface area contributed by atoms with Gasteiger partial charge >= 0.3 is 5.97 Å². The van der Waals surface area contributed by atoms with Crippen LogP contribution in [0, 0.1) is 6.92 Å². The van der Waals surface area contributed by atoms with Gasteiger partial charge in [0.1, 0.15) is 12.2 Å². The van der Waals surface area contributed by atoms with E-state index < -0.39 is 0 Å². The van der Waals surface area contributed by atoms with E-state index in [0.717, 1.165) is 22.1 Å². The molecular formula is C17H16N2O4S. The maximum atomic E-state index is 12.0. The Kier molecular flexibility index (Phi) is 4.61. The van der Waals surface area contributed by atoms with Crippen LogP contribution in [0.25, 0.3) is 11.0 Å². The van der Waals surface area contributed by atoms with Gasteiger partial charge in [-0.15, -0.1) is 11.3 Å². The molecule has 0 atom stereocenters. The van der Waals surface area contributed by atoms with Crippen LogP contribution in [0.1, 0.15) is 23.7 Å². The van der Waals surface area contributed by atoms with Crippen molar-refractivity contribution in [3.63, 3.8) is 0 Å². The summed E-state index contributed by atoms with van der Waals surface area (Å²) >= 11 is 1.29. The number of aryl methyl sites for hydroxylation is 1. The number of amides is 1. The second-order valence-corrected chi connectivity index (χ2v) is 6.28. The van der Waals surface area contributed by atoms with Crippen LogP contribution >= 0.6 is 11.3 Å². The van der Waals surface area contributed by atoms with Gasteiger partial charge in [-0.1, -0.05) is 12.1 Å². The fourth-order valence-electron chi connectivity index (χ4n) is 2.27. The van der Waals surface area contributed by atoms with Crippen LogP contribution in [0.15, 0.2) is 34.3 Å². The SMILES string of the molecule is CC(=O)Nc1nc(COC(=O)Cc2coc3cc(C)ccc23)cs1. The van der Waals surface area contributed by atoms with Gasteiger partial charge in [-0.2, -0.15) is 0 Å². The molecule has 0 aliphatic heterocycles. The summed E-state index contributed by atoms with van der Waals surface area (Å²) in [5.41, 5.74) is 3.26. The molecule has 1 aromatic carbocycles. The van der Waals surface area contributed by atoms with Crippen molar-refractivity contribution in [1.82, 2.24) is 4.98 Å². The van der Waals surface area contributed by atoms with Crippen molar-refractivity contribution in [1.29, 1.82) is 0 Å². The Labute approximate surface area is 142 Å². The van der Waals surface area contributed by atoms with E-state index in [9.17, 15) is 9.59 Å². The molecule has 0 aliphatic rings. The zero-order chi connectivity index (χ0) is 17.1. The first-order valence-corrected chi connectivity index (χ1v) is 8.23. The summed E-state index contributed by atoms with van der Waals surface area (Å²) in [6.45, 7) is 3.47. The number of ether oxygens (including phenoxy) is 1. The molecule has 0 fully saturated rings. The van der Waals surface area contributed by atoms with Crippen molar-refractivity contribution in [2.45, 2.75) is 26.9 Å². The van der Waals surface area contributed by atoms with Gasteiger partial charge in [0.2, 0.25) is 5.91 Å². The van der Waals surface area contributed by atoms with E-state index in [4.69, 9.17) is 9.15 Å². The number of carbonyl (C=O) groups excluding carboxylic acids is 2. The van der Waals surface area contributed by atoms with E-state index in [2.05, 4.69) is 10.3 Å². The molecule has 6 nitrogen and oxygen atoms in total. The van der Waals surface area contributed by atoms with Crippen LogP contribution < -0.4 is 5.32 Å². The molecule has 0 saturated heterocycles. The molecule has 3 aromatic rings. The van der Waals surface area contributed by atoms with Crippen LogP contribution in [0.5, 0.6) is 0 Å². The molecule has 0 aliphatic carbocycles. The summed E-state index contributed by atoms with van der Waals surface area (Å²) < 4.78 is 10.7. The number of furan rings is 1. The Morgan fingerprint density at radius 2 is 2.21 bits per heavy atom. The molecule has 3 rings (SSSR count). The van der Waals surface area contributed by atoms with Crippen molar-refractivity contribution in [3.05, 3.63) is 46.7 Å². The fraction of sp³-hybridized carbons (Fsp3) is 0.235. The van der Waals surface area contributed by atoms with E-state index in [1.54, 1.807) is 11.6 Å². The van der Waals surface area contributed by atoms with E-state index in [1.807, 2.05) is 25.1 Å². The van der Waals surface area contributed by atoms with Gasteiger partial charge in [-0.05, 0) is 18.6 Å². The molecule has 1 amide bonds. The van der Waals surface area contributed by atoms with E-state index >= 15 is 0 Å². The number of carbonyl (C=O) groups is 2. The molecule has 124 valence electrons. The van der Waals surface area contributed by atoms with Crippen LogP contribution in [-0.4, -0.2) is 16.9 Å². The largest absolute Gasteiger partial charge is 0.464 e. The van der Waals surface area contributed by atoms with E-state index in [1.165, 1.54) is 18.3 Å². The number of esters is 1. The summed E-state index contributed by atoms with van der Waals surface area (Å²) in [5.74, 6) is -0.540. The Balaban J connectivity index is 1.59. The second-order valence-electron chi connectivity index (χ2n) is 5.42. The zero-order valence-corrected chi connectivity index (χ0v) is 14.1. The third-order valence-corrected chi connectivity index (χ3v) is 4.17. The van der Waals surface area contributed by atoms with Crippen LogP contribution in [0.2, 0.25) is 0 Å². The molecular weight excluding hydrogens is 328 g/mol. The van der Waals surface area contributed by atoms with E-state index in [0.29, 0.717) is 10.8 Å². The minimum atomic E-state index is -0.354. The Morgan fingerprint density at radius 1 is 1.38 bits per heavy atom. The summed E-state index contributed by atoms with van der Waals surface area (Å²) in [4.78, 5) is 27.1. The maximum absolute atomic E-state index is 12.0. The number of rotatable bonds is 5. The number of hydrogen-bond donors (Lipinski definition) is 1. The molecule has 0 radical (unpaired) electrons. The molecule has 0 bridgehead atoms. The van der Waals surface area contributed by atoms with Gasteiger partial charge in [0.15, 0.2) is 5.13 Å². The summed E-state index contributed by atoms with van der Waals surface area (Å²) in [7, 11) is 0. The average Bonchev–Trinajstić information content (AvgIpc) is 3.11. The van der Waals surface area contributed by atoms with Crippen LogP contribution in [-0.2, 0) is 27.4 Å². The monoisotopic (exact) mass is 344 g/mol. The average molecular weight is 344 g/mol. The first-order chi connectivity index (χ1) is 11.5. The molecule has 0 spiro atoms. The summed E-state index contributed by atoms with van der Waals surface area (Å²) in [6.07, 6.45) is 1.72. The minimum Gasteiger partial charge on any atom is -0.464 e. The van der Waals surface area contributed by atoms with Crippen molar-refractivity contribution in [3.8, 4) is 0 Å². The van der Waals surface area contributed by atoms with Crippen LogP contribution in [0.4, 0.5) is 5.13 Å². The van der Waals surface area contributed by atoms with Crippen molar-refractivity contribution < 1.29 is 18.7 Å². The molecule has 2 heterocycles. The number of anilines is 1. The highest BCUT2D eigenvalue weighted by Gasteiger charge is 2.12. The topological polar surface area (TPSA) is 81.4 Å². The van der Waals surface area contributed by atoms with Gasteiger partial charge < -0.3 is 14.5 Å². The number of thiazole rings is 1. The Morgan fingerprint density at radius 3 is 3.00 bits per heavy atom. The van der Waals surface area contributed by atoms with Gasteiger partial charge in [0.25, 0.3) is 0 Å². The molecule has 0 unspecified atom stereocenters. The zero-order valence-electron chi connectivity index (χ0n) is 13.3. The normalized spacial score (nSPS) is 10.8. The fourth-order valence-corrected chi connectivity index (χ4v) is 3.01. The smallest absolute Gasteiger partial charge is 0.310 e. The second kappa shape index (κ2) is 6.84. The summed E-state index contributed by atoms with van der Waals surface area (Å²) in [5, 5.41) is 5.74. The van der Waals surface area contributed by atoms with Crippen LogP contribution in [0.3, 0.4) is 0 Å². The third kappa shape index (κ3) is 3.80. The van der Waals surface area contributed by atoms with E-state index in [-0.39, 0.29) is 24.9 Å². The number of hydrogen-bond acceptors (Lipinski definition) is 6. The van der Waals surface area contributed by atoms with Gasteiger partial charge in [0, 0.05) is 23.3 Å². The quantitative estimate of drug-likeness (QED) is 0.717. The predicted octanol–water partition coefficient (Wildman–Crippen LogP) is 3.44. The highest BCUT2D eigenvalue weighted by Crippen LogP contribution is 2.23.